The van der Waals surface area contributed by atoms with Crippen LogP contribution in [0.25, 0.3) is 0 Å². The Bertz CT molecular complexity index is 911. The van der Waals surface area contributed by atoms with Gasteiger partial charge in [-0.05, 0) is 62.2 Å². The van der Waals surface area contributed by atoms with E-state index in [1.165, 1.54) is 0 Å². The van der Waals surface area contributed by atoms with E-state index in [0.29, 0.717) is 36.7 Å². The van der Waals surface area contributed by atoms with Crippen LogP contribution in [-0.2, 0) is 16.0 Å². The molecule has 0 bridgehead atoms. The predicted molar refractivity (Wildman–Crippen MR) is 119 cm³/mol. The molecule has 7 heteroatoms. The highest BCUT2D eigenvalue weighted by Crippen LogP contribution is 2.28. The second-order valence-electron chi connectivity index (χ2n) is 7.86. The fraction of sp³-hybridized carbons (Fsp3) is 0.417. The van der Waals surface area contributed by atoms with Gasteiger partial charge in [-0.15, -0.1) is 0 Å². The number of ether oxygens (including phenoxy) is 3. The summed E-state index contributed by atoms with van der Waals surface area (Å²) >= 11 is 0. The Hall–Kier alpha value is -3.22. The third-order valence-electron chi connectivity index (χ3n) is 5.20. The van der Waals surface area contributed by atoms with Gasteiger partial charge in [0.2, 0.25) is 11.8 Å². The van der Waals surface area contributed by atoms with Gasteiger partial charge in [0.15, 0.2) is 11.5 Å². The summed E-state index contributed by atoms with van der Waals surface area (Å²) in [6.07, 6.45) is 0.999. The van der Waals surface area contributed by atoms with Crippen LogP contribution in [0.1, 0.15) is 25.8 Å². The highest BCUT2D eigenvalue weighted by Gasteiger charge is 2.34. The van der Waals surface area contributed by atoms with Crippen molar-refractivity contribution in [1.29, 1.82) is 0 Å². The van der Waals surface area contributed by atoms with Crippen LogP contribution >= 0.6 is 0 Å². The molecule has 1 unspecified atom stereocenters. The SMILES string of the molecule is COc1ccc(CCN2CC(C(=O)Nc3ccc(OC(C)C)cc3)CC2=O)cc1OC. The molecule has 2 aromatic rings. The summed E-state index contributed by atoms with van der Waals surface area (Å²) in [4.78, 5) is 26.8. The van der Waals surface area contributed by atoms with Gasteiger partial charge in [0.1, 0.15) is 5.75 Å². The first-order valence-corrected chi connectivity index (χ1v) is 10.5. The summed E-state index contributed by atoms with van der Waals surface area (Å²) in [6, 6.07) is 13.0. The molecule has 1 N–H and O–H groups in total. The van der Waals surface area contributed by atoms with Gasteiger partial charge < -0.3 is 24.4 Å². The van der Waals surface area contributed by atoms with Crippen molar-refractivity contribution in [1.82, 2.24) is 4.90 Å². The average molecular weight is 427 g/mol. The lowest BCUT2D eigenvalue weighted by Gasteiger charge is -2.17. The van der Waals surface area contributed by atoms with E-state index in [9.17, 15) is 9.59 Å². The van der Waals surface area contributed by atoms with Crippen molar-refractivity contribution >= 4 is 17.5 Å². The van der Waals surface area contributed by atoms with Crippen LogP contribution in [0.15, 0.2) is 42.5 Å². The lowest BCUT2D eigenvalue weighted by molar-refractivity contribution is -0.128. The molecular formula is C24H30N2O5. The van der Waals surface area contributed by atoms with Gasteiger partial charge in [-0.1, -0.05) is 6.07 Å². The Kier molecular flexibility index (Phi) is 7.39. The summed E-state index contributed by atoms with van der Waals surface area (Å²) in [7, 11) is 3.19. The molecule has 7 nitrogen and oxygen atoms in total. The molecule has 1 saturated heterocycles. The number of benzene rings is 2. The number of carbonyl (C=O) groups is 2. The second-order valence-corrected chi connectivity index (χ2v) is 7.86. The van der Waals surface area contributed by atoms with E-state index in [2.05, 4.69) is 5.32 Å². The van der Waals surface area contributed by atoms with Crippen molar-refractivity contribution in [3.05, 3.63) is 48.0 Å². The van der Waals surface area contributed by atoms with Crippen molar-refractivity contribution in [2.24, 2.45) is 5.92 Å². The molecule has 3 rings (SSSR count). The maximum absolute atomic E-state index is 12.6. The van der Waals surface area contributed by atoms with Gasteiger partial charge in [0.25, 0.3) is 0 Å². The molecule has 0 saturated carbocycles. The number of likely N-dealkylation sites (tertiary alicyclic amines) is 1. The molecule has 31 heavy (non-hydrogen) atoms. The number of hydrogen-bond donors (Lipinski definition) is 1. The van der Waals surface area contributed by atoms with Crippen molar-refractivity contribution < 1.29 is 23.8 Å². The molecule has 0 spiro atoms. The highest BCUT2D eigenvalue weighted by molar-refractivity contribution is 5.97. The van der Waals surface area contributed by atoms with Crippen molar-refractivity contribution in [2.75, 3.05) is 32.6 Å². The summed E-state index contributed by atoms with van der Waals surface area (Å²) < 4.78 is 16.2. The van der Waals surface area contributed by atoms with Crippen molar-refractivity contribution in [3.63, 3.8) is 0 Å². The topological polar surface area (TPSA) is 77.1 Å². The van der Waals surface area contributed by atoms with Crippen molar-refractivity contribution in [3.8, 4) is 17.2 Å². The van der Waals surface area contributed by atoms with E-state index >= 15 is 0 Å². The fourth-order valence-corrected chi connectivity index (χ4v) is 3.60. The first-order valence-electron chi connectivity index (χ1n) is 10.5. The van der Waals surface area contributed by atoms with Crippen LogP contribution in [0.5, 0.6) is 17.2 Å². The minimum absolute atomic E-state index is 0.00121. The van der Waals surface area contributed by atoms with E-state index < -0.39 is 0 Å². The van der Waals surface area contributed by atoms with E-state index in [-0.39, 0.29) is 30.3 Å². The molecule has 2 amide bonds. The van der Waals surface area contributed by atoms with Crippen LogP contribution in [0.2, 0.25) is 0 Å². The zero-order valence-corrected chi connectivity index (χ0v) is 18.5. The summed E-state index contributed by atoms with van der Waals surface area (Å²) in [6.45, 7) is 4.90. The number of hydrogen-bond acceptors (Lipinski definition) is 5. The Morgan fingerprint density at radius 1 is 1.10 bits per heavy atom. The van der Waals surface area contributed by atoms with Gasteiger partial charge >= 0.3 is 0 Å². The Balaban J connectivity index is 1.53. The number of amides is 2. The largest absolute Gasteiger partial charge is 0.493 e. The Labute approximate surface area is 183 Å². The van der Waals surface area contributed by atoms with Crippen LogP contribution in [-0.4, -0.2) is 50.1 Å². The first kappa shape index (κ1) is 22.5. The van der Waals surface area contributed by atoms with Crippen LogP contribution in [0.3, 0.4) is 0 Å². The van der Waals surface area contributed by atoms with Gasteiger partial charge in [-0.25, -0.2) is 0 Å². The molecular weight excluding hydrogens is 396 g/mol. The van der Waals surface area contributed by atoms with Gasteiger partial charge in [-0.2, -0.15) is 0 Å². The lowest BCUT2D eigenvalue weighted by atomic mass is 10.1. The number of nitrogens with one attached hydrogen (secondary N) is 1. The van der Waals surface area contributed by atoms with E-state index in [4.69, 9.17) is 14.2 Å². The average Bonchev–Trinajstić information content (AvgIpc) is 3.13. The third-order valence-corrected chi connectivity index (χ3v) is 5.20. The molecule has 166 valence electrons. The zero-order chi connectivity index (χ0) is 22.4. The highest BCUT2D eigenvalue weighted by atomic mass is 16.5. The minimum Gasteiger partial charge on any atom is -0.493 e. The monoisotopic (exact) mass is 426 g/mol. The summed E-state index contributed by atoms with van der Waals surface area (Å²) in [5.41, 5.74) is 1.74. The Morgan fingerprint density at radius 2 is 1.81 bits per heavy atom. The smallest absolute Gasteiger partial charge is 0.229 e. The van der Waals surface area contributed by atoms with Crippen LogP contribution < -0.4 is 19.5 Å². The predicted octanol–water partition coefficient (Wildman–Crippen LogP) is 3.52. The molecule has 1 fully saturated rings. The molecule has 1 aliphatic heterocycles. The van der Waals surface area contributed by atoms with E-state index in [1.807, 2.05) is 44.2 Å². The molecule has 1 aliphatic rings. The van der Waals surface area contributed by atoms with E-state index in [1.54, 1.807) is 31.3 Å². The first-order chi connectivity index (χ1) is 14.9. The standard InChI is InChI=1S/C24H30N2O5/c1-16(2)31-20-8-6-19(7-9-20)25-24(28)18-14-23(27)26(15-18)12-11-17-5-10-21(29-3)22(13-17)30-4/h5-10,13,16,18H,11-12,14-15H2,1-4H3,(H,25,28). The normalized spacial score (nSPS) is 15.8. The minimum atomic E-state index is -0.357. The maximum Gasteiger partial charge on any atom is 0.229 e. The number of carbonyl (C=O) groups excluding carboxylic acids is 2. The lowest BCUT2D eigenvalue weighted by Crippen LogP contribution is -2.30. The van der Waals surface area contributed by atoms with Gasteiger partial charge in [-0.3, -0.25) is 9.59 Å². The van der Waals surface area contributed by atoms with Gasteiger partial charge in [0.05, 0.1) is 26.2 Å². The summed E-state index contributed by atoms with van der Waals surface area (Å²) in [5, 5.41) is 2.90. The molecule has 0 radical (unpaired) electrons. The molecule has 1 atom stereocenters. The number of rotatable bonds is 9. The molecule has 1 heterocycles. The van der Waals surface area contributed by atoms with Crippen molar-refractivity contribution in [2.45, 2.75) is 32.8 Å². The third kappa shape index (κ3) is 5.90. The maximum atomic E-state index is 12.6. The van der Waals surface area contributed by atoms with Gasteiger partial charge in [0, 0.05) is 25.2 Å². The zero-order valence-electron chi connectivity index (χ0n) is 18.5. The molecule has 0 aliphatic carbocycles. The fourth-order valence-electron chi connectivity index (χ4n) is 3.60. The number of nitrogens with zero attached hydrogens (tertiary/aromatic N) is 1. The number of anilines is 1. The quantitative estimate of drug-likeness (QED) is 0.664. The van der Waals surface area contributed by atoms with Crippen LogP contribution in [0.4, 0.5) is 5.69 Å². The van der Waals surface area contributed by atoms with Crippen LogP contribution in [0, 0.1) is 5.92 Å². The Morgan fingerprint density at radius 3 is 2.45 bits per heavy atom. The van der Waals surface area contributed by atoms with E-state index in [0.717, 1.165) is 11.3 Å². The summed E-state index contributed by atoms with van der Waals surface area (Å²) in [5.74, 6) is 1.59. The molecule has 0 aromatic heterocycles. The number of methoxy groups -OCH3 is 2. The molecule has 2 aromatic carbocycles. The second kappa shape index (κ2) is 10.2.